The predicted octanol–water partition coefficient (Wildman–Crippen LogP) is 17.1. The molecule has 0 bridgehead atoms. The van der Waals surface area contributed by atoms with Crippen molar-refractivity contribution in [1.82, 2.24) is 5.32 Å². The van der Waals surface area contributed by atoms with Gasteiger partial charge in [0, 0.05) is 6.42 Å². The lowest BCUT2D eigenvalue weighted by Gasteiger charge is -2.46. The standard InChI is InChI=1S/C81H141NO13/c1-3-5-7-9-11-13-15-17-19-21-23-25-27-29-31-32-33-34-35-36-37-38-39-41-43-45-47-49-51-53-55-57-59-61-63-65-73(86)82-69(68-92-80-78(91)76(89)79(72(67-84)94-80)95-81-77(90)75(88)74(87)71(66-83)93-81)70(85)64-62-60-58-56-54-52-50-48-46-44-42-40-30-28-26-24-22-20-18-16-14-12-10-8-6-4-2/h5,7,11,13,17,19,23,25,29,31,33-34,36-37,54,56,62,64,69-72,74-81,83-85,87-91H,3-4,6,8-10,12,14-16,18,20-22,24,26-28,30,32,35,38-53,55,57-61,63,65-68H2,1-2H3,(H,82,86)/b7-5-,13-11-,19-17-,25-23-,31-29-,34-33-,37-36-,56-54+,64-62+. The monoisotopic (exact) mass is 1340 g/mol. The first-order valence-electron chi connectivity index (χ1n) is 38.6. The van der Waals surface area contributed by atoms with Gasteiger partial charge in [-0.2, -0.15) is 0 Å². The van der Waals surface area contributed by atoms with E-state index >= 15 is 0 Å². The predicted molar refractivity (Wildman–Crippen MR) is 392 cm³/mol. The molecular formula is C81H141NO13. The van der Waals surface area contributed by atoms with Crippen LogP contribution in [-0.4, -0.2) is 140 Å². The van der Waals surface area contributed by atoms with E-state index in [0.29, 0.717) is 12.8 Å². The van der Waals surface area contributed by atoms with Gasteiger partial charge in [-0.1, -0.05) is 316 Å². The van der Waals surface area contributed by atoms with Crippen LogP contribution in [0.5, 0.6) is 0 Å². The van der Waals surface area contributed by atoms with Crippen molar-refractivity contribution in [3.63, 3.8) is 0 Å². The zero-order valence-electron chi connectivity index (χ0n) is 59.9. The van der Waals surface area contributed by atoms with Gasteiger partial charge < -0.3 is 65.1 Å². The molecule has 0 aromatic heterocycles. The Kier molecular flexibility index (Phi) is 59.2. The number of aliphatic hydroxyl groups is 8. The van der Waals surface area contributed by atoms with Gasteiger partial charge in [-0.3, -0.25) is 4.79 Å². The molecule has 2 saturated heterocycles. The van der Waals surface area contributed by atoms with Crippen LogP contribution in [0.1, 0.15) is 303 Å². The average molecular weight is 1340 g/mol. The summed E-state index contributed by atoms with van der Waals surface area (Å²) in [7, 11) is 0. The summed E-state index contributed by atoms with van der Waals surface area (Å²) in [5.74, 6) is -0.251. The number of carbonyl (C=O) groups excluding carboxylic acids is 1. The molecule has 0 aromatic carbocycles. The molecule has 548 valence electrons. The molecule has 12 atom stereocenters. The first kappa shape index (κ1) is 87.7. The Morgan fingerprint density at radius 2 is 0.737 bits per heavy atom. The Morgan fingerprint density at radius 1 is 0.389 bits per heavy atom. The Labute approximate surface area is 578 Å². The molecule has 0 radical (unpaired) electrons. The van der Waals surface area contributed by atoms with Crippen molar-refractivity contribution in [3.8, 4) is 0 Å². The molecule has 14 heteroatoms. The topological polar surface area (TPSA) is 228 Å². The molecule has 2 heterocycles. The summed E-state index contributed by atoms with van der Waals surface area (Å²) in [6.07, 6.45) is 75.8. The van der Waals surface area contributed by atoms with Crippen molar-refractivity contribution >= 4 is 5.91 Å². The number of ether oxygens (including phenoxy) is 4. The lowest BCUT2D eigenvalue weighted by Crippen LogP contribution is -2.65. The maximum absolute atomic E-state index is 13.4. The van der Waals surface area contributed by atoms with E-state index < -0.39 is 86.8 Å². The fourth-order valence-corrected chi connectivity index (χ4v) is 12.1. The van der Waals surface area contributed by atoms with E-state index in [2.05, 4.69) is 116 Å². The third-order valence-corrected chi connectivity index (χ3v) is 18.2. The van der Waals surface area contributed by atoms with Gasteiger partial charge in [-0.15, -0.1) is 0 Å². The molecule has 2 fully saturated rings. The minimum absolute atomic E-state index is 0.251. The quantitative estimate of drug-likeness (QED) is 0.0204. The molecule has 95 heavy (non-hydrogen) atoms. The van der Waals surface area contributed by atoms with E-state index in [4.69, 9.17) is 18.9 Å². The Hall–Kier alpha value is -3.35. The first-order valence-corrected chi connectivity index (χ1v) is 38.6. The highest BCUT2D eigenvalue weighted by molar-refractivity contribution is 5.76. The summed E-state index contributed by atoms with van der Waals surface area (Å²) >= 11 is 0. The van der Waals surface area contributed by atoms with Crippen LogP contribution in [0.3, 0.4) is 0 Å². The molecule has 2 aliphatic heterocycles. The van der Waals surface area contributed by atoms with Crippen LogP contribution in [0, 0.1) is 0 Å². The Morgan fingerprint density at radius 3 is 1.16 bits per heavy atom. The van der Waals surface area contributed by atoms with Crippen molar-refractivity contribution in [2.24, 2.45) is 0 Å². The lowest BCUT2D eigenvalue weighted by molar-refractivity contribution is -0.359. The van der Waals surface area contributed by atoms with E-state index in [-0.39, 0.29) is 18.9 Å². The summed E-state index contributed by atoms with van der Waals surface area (Å²) in [4.78, 5) is 13.4. The maximum Gasteiger partial charge on any atom is 0.220 e. The van der Waals surface area contributed by atoms with Crippen molar-refractivity contribution < 1.29 is 64.6 Å². The van der Waals surface area contributed by atoms with Crippen LogP contribution in [0.25, 0.3) is 0 Å². The summed E-state index contributed by atoms with van der Waals surface area (Å²) < 4.78 is 22.9. The van der Waals surface area contributed by atoms with E-state index in [1.54, 1.807) is 6.08 Å². The zero-order chi connectivity index (χ0) is 68.7. The fraction of sp³-hybridized carbons (Fsp3) is 0.765. The van der Waals surface area contributed by atoms with Gasteiger partial charge in [0.15, 0.2) is 12.6 Å². The van der Waals surface area contributed by atoms with Crippen LogP contribution in [0.2, 0.25) is 0 Å². The van der Waals surface area contributed by atoms with Crippen molar-refractivity contribution in [1.29, 1.82) is 0 Å². The van der Waals surface area contributed by atoms with Gasteiger partial charge in [0.2, 0.25) is 5.91 Å². The van der Waals surface area contributed by atoms with Gasteiger partial charge in [0.1, 0.15) is 48.8 Å². The summed E-state index contributed by atoms with van der Waals surface area (Å²) in [6.45, 7) is 2.70. The van der Waals surface area contributed by atoms with E-state index in [9.17, 15) is 45.6 Å². The maximum atomic E-state index is 13.4. The third kappa shape index (κ3) is 47.4. The number of aliphatic hydroxyl groups excluding tert-OH is 8. The second-order valence-corrected chi connectivity index (χ2v) is 26.7. The van der Waals surface area contributed by atoms with Gasteiger partial charge in [0.25, 0.3) is 0 Å². The molecule has 9 N–H and O–H groups in total. The van der Waals surface area contributed by atoms with Crippen LogP contribution in [-0.2, 0) is 23.7 Å². The highest BCUT2D eigenvalue weighted by atomic mass is 16.7. The Balaban J connectivity index is 1.65. The molecule has 0 saturated carbocycles. The molecule has 0 aliphatic carbocycles. The minimum atomic E-state index is -1.80. The molecule has 2 aliphatic rings. The summed E-state index contributed by atoms with van der Waals surface area (Å²) in [5, 5.41) is 87.6. The summed E-state index contributed by atoms with van der Waals surface area (Å²) in [5.41, 5.74) is 0. The van der Waals surface area contributed by atoms with Crippen molar-refractivity contribution in [3.05, 3.63) is 109 Å². The highest BCUT2D eigenvalue weighted by Crippen LogP contribution is 2.30. The van der Waals surface area contributed by atoms with Gasteiger partial charge in [-0.25, -0.2) is 0 Å². The van der Waals surface area contributed by atoms with Gasteiger partial charge >= 0.3 is 0 Å². The SMILES string of the molecule is CC/C=C\C/C=C\C/C=C\C/C=C\C/C=C\C/C=C\C/C=C\CCCCCCCCCCCCCCCC(=O)NC(COC1OC(CO)C(OC2OC(CO)C(O)C(O)C2O)C(O)C1O)C(O)/C=C/CC/C=C/CCCCCCCCCCCCCCCCCCCCCC. The third-order valence-electron chi connectivity index (χ3n) is 18.2. The molecule has 12 unspecified atom stereocenters. The van der Waals surface area contributed by atoms with Crippen LogP contribution < -0.4 is 5.32 Å². The number of amides is 1. The van der Waals surface area contributed by atoms with E-state index in [1.165, 1.54) is 186 Å². The zero-order valence-corrected chi connectivity index (χ0v) is 59.9. The smallest absolute Gasteiger partial charge is 0.220 e. The van der Waals surface area contributed by atoms with Gasteiger partial charge in [-0.05, 0) is 89.9 Å². The number of nitrogens with one attached hydrogen (secondary N) is 1. The molecule has 1 amide bonds. The molecule has 0 spiro atoms. The largest absolute Gasteiger partial charge is 0.394 e. The fourth-order valence-electron chi connectivity index (χ4n) is 12.1. The highest BCUT2D eigenvalue weighted by Gasteiger charge is 2.51. The normalized spacial score (nSPS) is 23.0. The number of hydrogen-bond donors (Lipinski definition) is 9. The molecule has 2 rings (SSSR count). The second kappa shape index (κ2) is 64.1. The first-order chi connectivity index (χ1) is 46.6. The van der Waals surface area contributed by atoms with Crippen LogP contribution in [0.15, 0.2) is 109 Å². The van der Waals surface area contributed by atoms with Gasteiger partial charge in [0.05, 0.1) is 32.0 Å². The van der Waals surface area contributed by atoms with Crippen molar-refractivity contribution in [2.45, 2.75) is 376 Å². The second-order valence-electron chi connectivity index (χ2n) is 26.7. The summed E-state index contributed by atoms with van der Waals surface area (Å²) in [6, 6.07) is -0.940. The number of rotatable bonds is 63. The van der Waals surface area contributed by atoms with Crippen LogP contribution in [0.4, 0.5) is 0 Å². The van der Waals surface area contributed by atoms with E-state index in [0.717, 1.165) is 83.5 Å². The minimum Gasteiger partial charge on any atom is -0.394 e. The van der Waals surface area contributed by atoms with Crippen molar-refractivity contribution in [2.75, 3.05) is 19.8 Å². The number of hydrogen-bond acceptors (Lipinski definition) is 13. The number of carbonyl (C=O) groups is 1. The lowest BCUT2D eigenvalue weighted by atomic mass is 9.97. The number of allylic oxidation sites excluding steroid dienone is 17. The average Bonchev–Trinajstić information content (AvgIpc) is 0.800. The molecule has 0 aromatic rings. The van der Waals surface area contributed by atoms with Crippen LogP contribution >= 0.6 is 0 Å². The van der Waals surface area contributed by atoms with E-state index in [1.807, 2.05) is 6.08 Å². The number of unbranched alkanes of at least 4 members (excludes halogenated alkanes) is 34. The molecule has 14 nitrogen and oxygen atoms in total. The molecular weight excluding hydrogens is 1190 g/mol. The Bertz CT molecular complexity index is 2010.